The zero-order valence-corrected chi connectivity index (χ0v) is 25.5. The van der Waals surface area contributed by atoms with Crippen LogP contribution in [0.25, 0.3) is 20.8 Å². The van der Waals surface area contributed by atoms with Crippen LogP contribution in [0, 0.1) is 5.82 Å². The predicted octanol–water partition coefficient (Wildman–Crippen LogP) is 7.87. The quantitative estimate of drug-likeness (QED) is 0.166. The second-order valence-electron chi connectivity index (χ2n) is 10.4. The number of aromatic nitrogens is 1. The van der Waals surface area contributed by atoms with Crippen molar-refractivity contribution in [1.29, 1.82) is 0 Å². The van der Waals surface area contributed by atoms with Crippen LogP contribution in [0.1, 0.15) is 40.2 Å². The van der Waals surface area contributed by atoms with E-state index in [1.54, 1.807) is 31.2 Å². The molecule has 1 aliphatic heterocycles. The highest BCUT2D eigenvalue weighted by atomic mass is 32.2. The molecular formula is C30H23F4N3O4S3. The summed E-state index contributed by atoms with van der Waals surface area (Å²) in [7, 11) is -2.45. The first-order valence-corrected chi connectivity index (χ1v) is 16.3. The van der Waals surface area contributed by atoms with Gasteiger partial charge in [0.1, 0.15) is 15.7 Å². The molecule has 0 radical (unpaired) electrons. The minimum atomic E-state index is -4.93. The molecule has 1 fully saturated rings. The van der Waals surface area contributed by atoms with E-state index < -0.39 is 39.1 Å². The molecule has 1 amide bonds. The number of rotatable bonds is 5. The van der Waals surface area contributed by atoms with Crippen molar-refractivity contribution in [3.63, 3.8) is 0 Å². The van der Waals surface area contributed by atoms with Gasteiger partial charge < -0.3 is 5.32 Å². The third-order valence-electron chi connectivity index (χ3n) is 7.53. The van der Waals surface area contributed by atoms with Crippen LogP contribution >= 0.6 is 23.1 Å². The summed E-state index contributed by atoms with van der Waals surface area (Å²) in [5, 5.41) is 2.95. The number of carbonyl (C=O) groups excluding carboxylic acids is 1. The van der Waals surface area contributed by atoms with Gasteiger partial charge in [-0.15, -0.1) is 23.1 Å². The number of fused-ring (bicyclic) bond motifs is 2. The number of nitrogens with one attached hydrogen (secondary N) is 1. The van der Waals surface area contributed by atoms with E-state index in [4.69, 9.17) is 4.98 Å². The lowest BCUT2D eigenvalue weighted by molar-refractivity contribution is -0.140. The van der Waals surface area contributed by atoms with Crippen molar-refractivity contribution in [1.82, 2.24) is 9.88 Å². The minimum Gasteiger partial charge on any atom is -0.322 e. The maximum Gasteiger partial charge on any atom is 0.419 e. The fourth-order valence-electron chi connectivity index (χ4n) is 5.36. The van der Waals surface area contributed by atoms with E-state index in [1.165, 1.54) is 23.1 Å². The summed E-state index contributed by atoms with van der Waals surface area (Å²) in [6.07, 6.45) is -2.46. The SMILES string of the molecule is CC1=CCC2C(=C1S(=O)(=O)O)SC(c1ccc3nc(-c4ccc(NC(=O)c5cccc(C(F)(F)F)c5F)cc4)sc3c1)N2C. The van der Waals surface area contributed by atoms with Crippen LogP contribution < -0.4 is 5.32 Å². The average molecular weight is 662 g/mol. The van der Waals surface area contributed by atoms with E-state index in [-0.39, 0.29) is 22.0 Å². The van der Waals surface area contributed by atoms with Crippen molar-refractivity contribution >= 4 is 55.0 Å². The summed E-state index contributed by atoms with van der Waals surface area (Å²) < 4.78 is 88.6. The smallest absolute Gasteiger partial charge is 0.322 e. The van der Waals surface area contributed by atoms with E-state index in [2.05, 4.69) is 10.2 Å². The molecule has 1 aromatic heterocycles. The molecule has 2 aliphatic rings. The predicted molar refractivity (Wildman–Crippen MR) is 163 cm³/mol. The van der Waals surface area contributed by atoms with Crippen molar-refractivity contribution in [2.24, 2.45) is 0 Å². The first-order chi connectivity index (χ1) is 20.7. The Morgan fingerprint density at radius 1 is 1.11 bits per heavy atom. The van der Waals surface area contributed by atoms with Crippen LogP contribution in [0.3, 0.4) is 0 Å². The Bertz CT molecular complexity index is 1990. The van der Waals surface area contributed by atoms with Crippen LogP contribution in [0.15, 0.2) is 82.1 Å². The summed E-state index contributed by atoms with van der Waals surface area (Å²) in [5.74, 6) is -2.64. The van der Waals surface area contributed by atoms with Crippen molar-refractivity contribution < 1.29 is 35.3 Å². The summed E-state index contributed by atoms with van der Waals surface area (Å²) in [6.45, 7) is 1.68. The number of alkyl halides is 3. The second kappa shape index (κ2) is 11.1. The van der Waals surface area contributed by atoms with Gasteiger partial charge in [0.05, 0.1) is 26.7 Å². The van der Waals surface area contributed by atoms with Gasteiger partial charge in [0.2, 0.25) is 0 Å². The highest BCUT2D eigenvalue weighted by Gasteiger charge is 2.42. The van der Waals surface area contributed by atoms with E-state index >= 15 is 0 Å². The van der Waals surface area contributed by atoms with Gasteiger partial charge in [-0.05, 0) is 80.1 Å². The Morgan fingerprint density at radius 3 is 2.52 bits per heavy atom. The standard InChI is InChI=1S/C30H23F4N3O4S3/c1-15-6-13-22-25(26(15)44(39,40)41)43-29(37(22)2)17-9-12-21-23(14-17)42-28(36-21)16-7-10-18(11-8-16)35-27(38)19-4-3-5-20(24(19)31)30(32,33)34/h3-12,14,22,29H,13H2,1-2H3,(H,35,38)(H,39,40,41). The van der Waals surface area contributed by atoms with Gasteiger partial charge >= 0.3 is 6.18 Å². The lowest BCUT2D eigenvalue weighted by atomic mass is 10.0. The molecule has 2 heterocycles. The highest BCUT2D eigenvalue weighted by molar-refractivity contribution is 8.04. The number of thioether (sulfide) groups is 1. The molecule has 44 heavy (non-hydrogen) atoms. The molecule has 7 nitrogen and oxygen atoms in total. The van der Waals surface area contributed by atoms with Gasteiger partial charge in [-0.1, -0.05) is 18.2 Å². The van der Waals surface area contributed by atoms with Gasteiger partial charge in [-0.3, -0.25) is 14.2 Å². The van der Waals surface area contributed by atoms with Crippen LogP contribution in [-0.4, -0.2) is 41.9 Å². The number of hydrogen-bond acceptors (Lipinski definition) is 7. The van der Waals surface area contributed by atoms with Gasteiger partial charge in [0, 0.05) is 22.2 Å². The number of hydrogen-bond donors (Lipinski definition) is 2. The van der Waals surface area contributed by atoms with E-state index in [1.807, 2.05) is 31.3 Å². The van der Waals surface area contributed by atoms with Crippen molar-refractivity contribution in [2.45, 2.75) is 30.9 Å². The fourth-order valence-corrected chi connectivity index (χ4v) is 9.24. The largest absolute Gasteiger partial charge is 0.419 e. The summed E-state index contributed by atoms with van der Waals surface area (Å²) in [5.41, 5.74) is 1.02. The van der Waals surface area contributed by atoms with Crippen LogP contribution in [0.5, 0.6) is 0 Å². The first kappa shape index (κ1) is 30.5. The third kappa shape index (κ3) is 5.56. The van der Waals surface area contributed by atoms with Gasteiger partial charge in [0.15, 0.2) is 0 Å². The fraction of sp³-hybridized carbons (Fsp3) is 0.200. The van der Waals surface area contributed by atoms with Crippen LogP contribution in [0.4, 0.5) is 23.2 Å². The van der Waals surface area contributed by atoms with E-state index in [9.17, 15) is 35.3 Å². The maximum atomic E-state index is 14.4. The molecule has 4 aromatic rings. The molecule has 2 unspecified atom stereocenters. The zero-order valence-electron chi connectivity index (χ0n) is 23.0. The number of anilines is 1. The lowest BCUT2D eigenvalue weighted by Crippen LogP contribution is -2.30. The Hall–Kier alpha value is -3.56. The Kier molecular flexibility index (Phi) is 7.69. The van der Waals surface area contributed by atoms with Gasteiger partial charge in [-0.2, -0.15) is 21.6 Å². The Balaban J connectivity index is 1.22. The summed E-state index contributed by atoms with van der Waals surface area (Å²) in [6, 6.07) is 14.7. The first-order valence-electron chi connectivity index (χ1n) is 13.2. The summed E-state index contributed by atoms with van der Waals surface area (Å²) in [4.78, 5) is 19.9. The monoisotopic (exact) mass is 661 g/mol. The number of nitrogens with zero attached hydrogens (tertiary/aromatic N) is 2. The van der Waals surface area contributed by atoms with Crippen molar-refractivity contribution in [3.8, 4) is 10.6 Å². The van der Waals surface area contributed by atoms with Crippen LogP contribution in [-0.2, 0) is 16.3 Å². The van der Waals surface area contributed by atoms with E-state index in [0.717, 1.165) is 33.5 Å². The Labute approximate surface area is 258 Å². The van der Waals surface area contributed by atoms with Gasteiger partial charge in [0.25, 0.3) is 16.0 Å². The molecule has 1 saturated heterocycles. The number of allylic oxidation sites excluding steroid dienone is 1. The van der Waals surface area contributed by atoms with Crippen LogP contribution in [0.2, 0.25) is 0 Å². The highest BCUT2D eigenvalue weighted by Crippen LogP contribution is 2.53. The number of halogens is 4. The minimum absolute atomic E-state index is 0.0196. The molecular weight excluding hydrogens is 639 g/mol. The molecule has 1 aliphatic carbocycles. The second-order valence-corrected chi connectivity index (χ2v) is 13.9. The Morgan fingerprint density at radius 2 is 1.84 bits per heavy atom. The normalized spacial score (nSPS) is 19.3. The number of thiazole rings is 1. The molecule has 0 saturated carbocycles. The molecule has 14 heteroatoms. The maximum absolute atomic E-state index is 14.4. The molecule has 0 bridgehead atoms. The molecule has 2 atom stereocenters. The summed E-state index contributed by atoms with van der Waals surface area (Å²) >= 11 is 2.85. The number of carbonyl (C=O) groups is 1. The van der Waals surface area contributed by atoms with Crippen molar-refractivity contribution in [2.75, 3.05) is 12.4 Å². The topological polar surface area (TPSA) is 99.6 Å². The third-order valence-corrected chi connectivity index (χ3v) is 11.3. The molecule has 2 N–H and O–H groups in total. The van der Waals surface area contributed by atoms with Gasteiger partial charge in [-0.25, -0.2) is 9.37 Å². The number of benzene rings is 3. The molecule has 0 spiro atoms. The van der Waals surface area contributed by atoms with E-state index in [0.29, 0.717) is 28.0 Å². The lowest BCUT2D eigenvalue weighted by Gasteiger charge is -2.26. The zero-order chi connectivity index (χ0) is 31.6. The number of amides is 1. The molecule has 228 valence electrons. The molecule has 6 rings (SSSR count). The van der Waals surface area contributed by atoms with Crippen molar-refractivity contribution in [3.05, 3.63) is 105 Å². The average Bonchev–Trinajstić information content (AvgIpc) is 3.52. The number of likely N-dealkylation sites (N-methyl/N-ethyl adjacent to an activating group) is 1. The molecule has 3 aromatic carbocycles.